The summed E-state index contributed by atoms with van der Waals surface area (Å²) in [7, 11) is 0. The van der Waals surface area contributed by atoms with Gasteiger partial charge in [-0.15, -0.1) is 11.8 Å². The highest BCUT2D eigenvalue weighted by Gasteiger charge is 2.17. The maximum absolute atomic E-state index is 12.4. The second kappa shape index (κ2) is 8.66. The first-order valence-corrected chi connectivity index (χ1v) is 10.4. The van der Waals surface area contributed by atoms with E-state index in [-0.39, 0.29) is 11.0 Å². The molecule has 1 aromatic heterocycles. The van der Waals surface area contributed by atoms with Crippen LogP contribution in [0.4, 0.5) is 0 Å². The van der Waals surface area contributed by atoms with E-state index in [2.05, 4.69) is 57.1 Å². The SMILES string of the molecule is CSc1[nH]c(=O)c(C(=O)NCCc2c(C)cc(C(C)(C)C)cc2C)cc1C#N. The summed E-state index contributed by atoms with van der Waals surface area (Å²) in [6.07, 6.45) is 2.45. The molecule has 0 atom stereocenters. The van der Waals surface area contributed by atoms with Crippen LogP contribution < -0.4 is 10.9 Å². The van der Waals surface area contributed by atoms with Gasteiger partial charge in [-0.05, 0) is 60.3 Å². The molecule has 2 aromatic rings. The number of nitrogens with one attached hydrogen (secondary N) is 2. The number of nitriles is 1. The number of aryl methyl sites for hydroxylation is 2. The Kier molecular flexibility index (Phi) is 6.73. The molecule has 0 saturated heterocycles. The molecule has 0 radical (unpaired) electrons. The van der Waals surface area contributed by atoms with Crippen molar-refractivity contribution >= 4 is 17.7 Å². The third-order valence-electron chi connectivity index (χ3n) is 4.80. The number of amides is 1. The fourth-order valence-corrected chi connectivity index (χ4v) is 3.66. The van der Waals surface area contributed by atoms with E-state index >= 15 is 0 Å². The molecule has 1 amide bonds. The number of aromatic nitrogens is 1. The number of aromatic amines is 1. The largest absolute Gasteiger partial charge is 0.352 e. The van der Waals surface area contributed by atoms with E-state index in [4.69, 9.17) is 0 Å². The molecule has 0 aliphatic carbocycles. The Hall–Kier alpha value is -2.52. The minimum atomic E-state index is -0.484. The molecular formula is C22H27N3O2S. The monoisotopic (exact) mass is 397 g/mol. The molecule has 5 nitrogen and oxygen atoms in total. The standard InChI is InChI=1S/C22H27N3O2S/c1-13-9-16(22(3,4)5)10-14(2)17(13)7-8-24-19(26)18-11-15(12-23)21(28-6)25-20(18)27/h9-11H,7-8H2,1-6H3,(H,24,26)(H,25,27). The van der Waals surface area contributed by atoms with Crippen molar-refractivity contribution in [3.8, 4) is 6.07 Å². The van der Waals surface area contributed by atoms with Crippen LogP contribution in [0.2, 0.25) is 0 Å². The topological polar surface area (TPSA) is 85.8 Å². The van der Waals surface area contributed by atoms with Crippen LogP contribution in [0, 0.1) is 25.2 Å². The van der Waals surface area contributed by atoms with Gasteiger partial charge in [0.25, 0.3) is 11.5 Å². The lowest BCUT2D eigenvalue weighted by atomic mass is 9.83. The number of benzene rings is 1. The molecule has 0 bridgehead atoms. The minimum Gasteiger partial charge on any atom is -0.352 e. The Morgan fingerprint density at radius 2 is 1.82 bits per heavy atom. The highest BCUT2D eigenvalue weighted by molar-refractivity contribution is 7.98. The quantitative estimate of drug-likeness (QED) is 0.750. The first-order chi connectivity index (χ1) is 13.1. The summed E-state index contributed by atoms with van der Waals surface area (Å²) in [5.41, 5.74) is 4.76. The highest BCUT2D eigenvalue weighted by Crippen LogP contribution is 2.27. The van der Waals surface area contributed by atoms with Crippen LogP contribution in [0.25, 0.3) is 0 Å². The molecule has 2 rings (SSSR count). The molecule has 2 N–H and O–H groups in total. The average Bonchev–Trinajstić information content (AvgIpc) is 2.62. The summed E-state index contributed by atoms with van der Waals surface area (Å²) in [6, 6.07) is 7.78. The number of nitrogens with zero attached hydrogens (tertiary/aromatic N) is 1. The van der Waals surface area contributed by atoms with Crippen LogP contribution in [-0.2, 0) is 11.8 Å². The van der Waals surface area contributed by atoms with E-state index in [0.29, 0.717) is 23.6 Å². The third-order valence-corrected chi connectivity index (χ3v) is 5.53. The molecule has 0 aliphatic heterocycles. The van der Waals surface area contributed by atoms with E-state index in [0.717, 1.165) is 0 Å². The minimum absolute atomic E-state index is 0.0362. The predicted molar refractivity (Wildman–Crippen MR) is 114 cm³/mol. The van der Waals surface area contributed by atoms with Crippen molar-refractivity contribution < 1.29 is 4.79 Å². The molecule has 1 aromatic carbocycles. The summed E-state index contributed by atoms with van der Waals surface area (Å²) in [4.78, 5) is 27.2. The van der Waals surface area contributed by atoms with Gasteiger partial charge in [0.15, 0.2) is 0 Å². The van der Waals surface area contributed by atoms with Crippen LogP contribution in [0.1, 0.15) is 58.9 Å². The van der Waals surface area contributed by atoms with Crippen molar-refractivity contribution in [2.75, 3.05) is 12.8 Å². The number of H-pyrrole nitrogens is 1. The van der Waals surface area contributed by atoms with Gasteiger partial charge in [0.05, 0.1) is 10.6 Å². The summed E-state index contributed by atoms with van der Waals surface area (Å²) < 4.78 is 0. The first kappa shape index (κ1) is 21.8. The molecule has 6 heteroatoms. The highest BCUT2D eigenvalue weighted by atomic mass is 32.2. The number of hydrogen-bond acceptors (Lipinski definition) is 4. The fraction of sp³-hybridized carbons (Fsp3) is 0.409. The second-order valence-electron chi connectivity index (χ2n) is 7.92. The lowest BCUT2D eigenvalue weighted by Gasteiger charge is -2.22. The Labute approximate surface area is 170 Å². The molecule has 0 saturated carbocycles. The second-order valence-corrected chi connectivity index (χ2v) is 8.73. The lowest BCUT2D eigenvalue weighted by Crippen LogP contribution is -2.31. The van der Waals surface area contributed by atoms with Crippen LogP contribution in [0.5, 0.6) is 0 Å². The number of hydrogen-bond donors (Lipinski definition) is 2. The van der Waals surface area contributed by atoms with E-state index in [9.17, 15) is 14.9 Å². The van der Waals surface area contributed by atoms with E-state index in [1.54, 1.807) is 6.26 Å². The Bertz CT molecular complexity index is 971. The first-order valence-electron chi connectivity index (χ1n) is 9.18. The van der Waals surface area contributed by atoms with Gasteiger partial charge in [0.1, 0.15) is 11.6 Å². The molecule has 0 unspecified atom stereocenters. The number of thioether (sulfide) groups is 1. The number of carbonyl (C=O) groups excluding carboxylic acids is 1. The van der Waals surface area contributed by atoms with Gasteiger partial charge in [0, 0.05) is 6.54 Å². The normalized spacial score (nSPS) is 11.2. The zero-order valence-corrected chi connectivity index (χ0v) is 18.1. The van der Waals surface area contributed by atoms with Gasteiger partial charge < -0.3 is 10.3 Å². The summed E-state index contributed by atoms with van der Waals surface area (Å²) in [6.45, 7) is 11.2. The number of pyridine rings is 1. The molecule has 1 heterocycles. The molecule has 0 fully saturated rings. The van der Waals surface area contributed by atoms with Gasteiger partial charge in [-0.2, -0.15) is 5.26 Å². The zero-order valence-electron chi connectivity index (χ0n) is 17.3. The summed E-state index contributed by atoms with van der Waals surface area (Å²) >= 11 is 1.27. The van der Waals surface area contributed by atoms with E-state index < -0.39 is 11.5 Å². The third kappa shape index (κ3) is 4.85. The summed E-state index contributed by atoms with van der Waals surface area (Å²) in [5.74, 6) is -0.466. The molecular weight excluding hydrogens is 370 g/mol. The molecule has 0 aliphatic rings. The van der Waals surface area contributed by atoms with Gasteiger partial charge in [-0.1, -0.05) is 32.9 Å². The van der Waals surface area contributed by atoms with Crippen molar-refractivity contribution in [3.05, 3.63) is 61.9 Å². The van der Waals surface area contributed by atoms with Crippen LogP contribution >= 0.6 is 11.8 Å². The summed E-state index contributed by atoms with van der Waals surface area (Å²) in [5, 5.41) is 12.5. The van der Waals surface area contributed by atoms with Gasteiger partial charge >= 0.3 is 0 Å². The van der Waals surface area contributed by atoms with E-state index in [1.165, 1.54) is 40.1 Å². The maximum atomic E-state index is 12.4. The van der Waals surface area contributed by atoms with Crippen molar-refractivity contribution in [1.29, 1.82) is 5.26 Å². The Balaban J connectivity index is 2.13. The number of rotatable bonds is 5. The average molecular weight is 398 g/mol. The van der Waals surface area contributed by atoms with Crippen molar-refractivity contribution in [3.63, 3.8) is 0 Å². The molecule has 0 spiro atoms. The predicted octanol–water partition coefficient (Wildman–Crippen LogP) is 3.86. The van der Waals surface area contributed by atoms with Crippen LogP contribution in [0.3, 0.4) is 0 Å². The van der Waals surface area contributed by atoms with Crippen LogP contribution in [-0.4, -0.2) is 23.7 Å². The Morgan fingerprint density at radius 3 is 2.32 bits per heavy atom. The smallest absolute Gasteiger partial charge is 0.261 e. The van der Waals surface area contributed by atoms with Gasteiger partial charge in [-0.25, -0.2) is 0 Å². The fourth-order valence-electron chi connectivity index (χ4n) is 3.14. The van der Waals surface area contributed by atoms with Crippen molar-refractivity contribution in [2.45, 2.75) is 51.5 Å². The zero-order chi connectivity index (χ0) is 21.1. The van der Waals surface area contributed by atoms with Crippen molar-refractivity contribution in [1.82, 2.24) is 10.3 Å². The van der Waals surface area contributed by atoms with Gasteiger partial charge in [-0.3, -0.25) is 9.59 Å². The molecule has 28 heavy (non-hydrogen) atoms. The Morgan fingerprint density at radius 1 is 1.21 bits per heavy atom. The lowest BCUT2D eigenvalue weighted by molar-refractivity contribution is 0.0952. The van der Waals surface area contributed by atoms with Gasteiger partial charge in [0.2, 0.25) is 0 Å². The number of carbonyl (C=O) groups is 1. The van der Waals surface area contributed by atoms with Crippen LogP contribution in [0.15, 0.2) is 28.0 Å². The maximum Gasteiger partial charge on any atom is 0.261 e. The molecule has 148 valence electrons. The van der Waals surface area contributed by atoms with E-state index in [1.807, 2.05) is 6.07 Å². The van der Waals surface area contributed by atoms with Crippen molar-refractivity contribution in [2.24, 2.45) is 0 Å².